The Morgan fingerprint density at radius 1 is 1.38 bits per heavy atom. The Kier molecular flexibility index (Phi) is 4.73. The molecule has 0 amide bonds. The summed E-state index contributed by atoms with van der Waals surface area (Å²) in [5, 5.41) is 4.22. The molecule has 2 unspecified atom stereocenters. The van der Waals surface area contributed by atoms with Gasteiger partial charge in [-0.05, 0) is 31.5 Å². The molecule has 3 rings (SSSR count). The minimum atomic E-state index is -4.25. The lowest BCUT2D eigenvalue weighted by molar-refractivity contribution is -0.140. The molecule has 132 valence electrons. The first-order chi connectivity index (χ1) is 11.4. The van der Waals surface area contributed by atoms with Crippen LogP contribution >= 0.6 is 0 Å². The highest BCUT2D eigenvalue weighted by Gasteiger charge is 2.30. The van der Waals surface area contributed by atoms with Gasteiger partial charge in [0.2, 0.25) is 0 Å². The van der Waals surface area contributed by atoms with Gasteiger partial charge in [0.1, 0.15) is 12.6 Å². The summed E-state index contributed by atoms with van der Waals surface area (Å²) < 4.78 is 50.6. The molecule has 1 aromatic carbocycles. The summed E-state index contributed by atoms with van der Waals surface area (Å²) in [6.07, 6.45) is -3.54. The highest BCUT2D eigenvalue weighted by molar-refractivity contribution is 5.93. The van der Waals surface area contributed by atoms with Gasteiger partial charge < -0.3 is 19.4 Å². The molecule has 0 spiro atoms. The largest absolute Gasteiger partial charge is 0.406 e. The average Bonchev–Trinajstić information content (AvgIpc) is 2.84. The molecule has 1 fully saturated rings. The summed E-state index contributed by atoms with van der Waals surface area (Å²) in [5.74, 6) is 0. The predicted octanol–water partition coefficient (Wildman–Crippen LogP) is 3.73. The van der Waals surface area contributed by atoms with Crippen LogP contribution in [-0.2, 0) is 16.0 Å². The number of hydrogen-bond acceptors (Lipinski definition) is 3. The topological polar surface area (TPSA) is 35.4 Å². The quantitative estimate of drug-likeness (QED) is 0.920. The van der Waals surface area contributed by atoms with Crippen LogP contribution in [0.3, 0.4) is 0 Å². The summed E-state index contributed by atoms with van der Waals surface area (Å²) in [6, 6.07) is 7.25. The van der Waals surface area contributed by atoms with Crippen LogP contribution in [0.15, 0.2) is 24.3 Å². The fraction of sp³-hybridized carbons (Fsp3) is 0.529. The van der Waals surface area contributed by atoms with Crippen LogP contribution in [-0.4, -0.2) is 43.2 Å². The predicted molar refractivity (Wildman–Crippen MR) is 86.4 cm³/mol. The summed E-state index contributed by atoms with van der Waals surface area (Å²) in [6.45, 7) is 1.87. The van der Waals surface area contributed by atoms with E-state index in [9.17, 15) is 13.2 Å². The molecule has 0 aliphatic carbocycles. The number of aromatic nitrogens is 1. The Labute approximate surface area is 138 Å². The molecule has 1 N–H and O–H groups in total. The van der Waals surface area contributed by atoms with E-state index >= 15 is 0 Å². The number of hydrogen-bond donors (Lipinski definition) is 1. The Balaban J connectivity index is 1.93. The number of benzene rings is 1. The summed E-state index contributed by atoms with van der Waals surface area (Å²) in [7, 11) is 1.64. The van der Waals surface area contributed by atoms with E-state index in [2.05, 4.69) is 5.32 Å². The van der Waals surface area contributed by atoms with Crippen molar-refractivity contribution in [3.63, 3.8) is 0 Å². The van der Waals surface area contributed by atoms with Crippen molar-refractivity contribution in [3.8, 4) is 0 Å². The van der Waals surface area contributed by atoms with Crippen LogP contribution in [0.1, 0.15) is 12.1 Å². The first-order valence-corrected chi connectivity index (χ1v) is 7.92. The molecule has 1 saturated heterocycles. The van der Waals surface area contributed by atoms with Crippen molar-refractivity contribution in [1.82, 2.24) is 4.57 Å². The van der Waals surface area contributed by atoms with Gasteiger partial charge in [-0.3, -0.25) is 0 Å². The average molecular weight is 342 g/mol. The summed E-state index contributed by atoms with van der Waals surface area (Å²) in [5.41, 5.74) is 1.99. The maximum Gasteiger partial charge on any atom is 0.406 e. The summed E-state index contributed by atoms with van der Waals surface area (Å²) in [4.78, 5) is 0. The van der Waals surface area contributed by atoms with Crippen molar-refractivity contribution >= 4 is 16.6 Å². The third-order valence-corrected chi connectivity index (χ3v) is 4.44. The lowest BCUT2D eigenvalue weighted by Gasteiger charge is -2.32. The molecule has 1 aromatic heterocycles. The van der Waals surface area contributed by atoms with Crippen LogP contribution < -0.4 is 5.32 Å². The molecule has 24 heavy (non-hydrogen) atoms. The first kappa shape index (κ1) is 17.1. The minimum absolute atomic E-state index is 0.0700. The van der Waals surface area contributed by atoms with Crippen LogP contribution in [0.2, 0.25) is 0 Å². The van der Waals surface area contributed by atoms with Gasteiger partial charge in [-0.2, -0.15) is 13.2 Å². The number of halogens is 3. The molecule has 0 radical (unpaired) electrons. The summed E-state index contributed by atoms with van der Waals surface area (Å²) >= 11 is 0. The fourth-order valence-corrected chi connectivity index (χ4v) is 3.24. The van der Waals surface area contributed by atoms with E-state index < -0.39 is 12.7 Å². The number of nitrogens with zero attached hydrogens (tertiary/aromatic N) is 1. The van der Waals surface area contributed by atoms with Gasteiger partial charge in [0, 0.05) is 30.5 Å². The van der Waals surface area contributed by atoms with Crippen molar-refractivity contribution in [2.24, 2.45) is 0 Å². The van der Waals surface area contributed by atoms with Gasteiger partial charge in [0.15, 0.2) is 0 Å². The van der Waals surface area contributed by atoms with E-state index in [1.165, 1.54) is 4.57 Å². The zero-order chi connectivity index (χ0) is 17.3. The van der Waals surface area contributed by atoms with Gasteiger partial charge in [0.05, 0.1) is 18.2 Å². The Bertz CT molecular complexity index is 712. The second kappa shape index (κ2) is 6.64. The van der Waals surface area contributed by atoms with Gasteiger partial charge >= 0.3 is 6.18 Å². The molecule has 2 heterocycles. The molecule has 2 atom stereocenters. The smallest absolute Gasteiger partial charge is 0.379 e. The molecule has 4 nitrogen and oxygen atoms in total. The number of ether oxygens (including phenoxy) is 2. The molecule has 2 aromatic rings. The van der Waals surface area contributed by atoms with E-state index in [4.69, 9.17) is 9.47 Å². The molecule has 7 heteroatoms. The van der Waals surface area contributed by atoms with E-state index in [1.54, 1.807) is 32.2 Å². The Hall–Kier alpha value is -1.73. The van der Waals surface area contributed by atoms with E-state index in [-0.39, 0.29) is 12.1 Å². The van der Waals surface area contributed by atoms with Gasteiger partial charge in [0.25, 0.3) is 0 Å². The van der Waals surface area contributed by atoms with E-state index in [0.717, 1.165) is 17.5 Å². The van der Waals surface area contributed by atoms with Crippen LogP contribution in [0.25, 0.3) is 10.9 Å². The molecule has 1 aliphatic heterocycles. The van der Waals surface area contributed by atoms with Gasteiger partial charge in [-0.25, -0.2) is 0 Å². The molecule has 0 saturated carbocycles. The maximum absolute atomic E-state index is 12.8. The molecule has 0 bridgehead atoms. The number of nitrogens with one attached hydrogen (secondary N) is 1. The third-order valence-electron chi connectivity index (χ3n) is 4.44. The van der Waals surface area contributed by atoms with E-state index in [0.29, 0.717) is 24.4 Å². The van der Waals surface area contributed by atoms with Crippen molar-refractivity contribution in [1.29, 1.82) is 0 Å². The number of anilines is 1. The highest BCUT2D eigenvalue weighted by atomic mass is 19.4. The third kappa shape index (κ3) is 3.52. The molecular formula is C17H21F3N2O2. The normalized spacial score (nSPS) is 22.0. The molecule has 1 aliphatic rings. The van der Waals surface area contributed by atoms with Crippen molar-refractivity contribution in [2.75, 3.05) is 25.6 Å². The zero-order valence-corrected chi connectivity index (χ0v) is 13.7. The lowest BCUT2D eigenvalue weighted by Crippen LogP contribution is -2.43. The first-order valence-electron chi connectivity index (χ1n) is 7.92. The number of fused-ring (bicyclic) bond motifs is 1. The van der Waals surface area contributed by atoms with Crippen LogP contribution in [0, 0.1) is 6.92 Å². The number of aryl methyl sites for hydroxylation is 1. The van der Waals surface area contributed by atoms with Crippen molar-refractivity contribution < 1.29 is 22.6 Å². The maximum atomic E-state index is 12.8. The standard InChI is InChI=1S/C17H21F3N2O2/c1-11-8-12-13(21-14-6-7-24-9-16(14)23-2)4-3-5-15(12)22(11)10-17(18,19)20/h3-5,8,14,16,21H,6-7,9-10H2,1-2H3. The second-order valence-electron chi connectivity index (χ2n) is 6.11. The lowest BCUT2D eigenvalue weighted by atomic mass is 10.0. The minimum Gasteiger partial charge on any atom is -0.379 e. The highest BCUT2D eigenvalue weighted by Crippen LogP contribution is 2.31. The fourth-order valence-electron chi connectivity index (χ4n) is 3.24. The second-order valence-corrected chi connectivity index (χ2v) is 6.11. The SMILES string of the molecule is COC1COCCC1Nc1cccc2c1cc(C)n2CC(F)(F)F. The van der Waals surface area contributed by atoms with E-state index in [1.807, 2.05) is 6.07 Å². The zero-order valence-electron chi connectivity index (χ0n) is 13.7. The van der Waals surface area contributed by atoms with Crippen LogP contribution in [0.5, 0.6) is 0 Å². The Morgan fingerprint density at radius 2 is 2.17 bits per heavy atom. The van der Waals surface area contributed by atoms with Gasteiger partial charge in [-0.15, -0.1) is 0 Å². The van der Waals surface area contributed by atoms with Crippen LogP contribution in [0.4, 0.5) is 18.9 Å². The Morgan fingerprint density at radius 3 is 2.88 bits per heavy atom. The number of methoxy groups -OCH3 is 1. The monoisotopic (exact) mass is 342 g/mol. The molecular weight excluding hydrogens is 321 g/mol. The van der Waals surface area contributed by atoms with Crippen molar-refractivity contribution in [3.05, 3.63) is 30.0 Å². The number of alkyl halides is 3. The van der Waals surface area contributed by atoms with Gasteiger partial charge in [-0.1, -0.05) is 6.07 Å². The van der Waals surface area contributed by atoms with Crippen molar-refractivity contribution in [2.45, 2.75) is 38.2 Å². The number of rotatable bonds is 4.